The van der Waals surface area contributed by atoms with Crippen LogP contribution in [0.2, 0.25) is 0 Å². The molecule has 0 unspecified atom stereocenters. The van der Waals surface area contributed by atoms with Crippen LogP contribution in [-0.4, -0.2) is 39.7 Å². The van der Waals surface area contributed by atoms with Gasteiger partial charge in [0.25, 0.3) is 5.69 Å². The Hall–Kier alpha value is -4.28. The summed E-state index contributed by atoms with van der Waals surface area (Å²) in [6.07, 6.45) is 0.156. The Morgan fingerprint density at radius 3 is 2.57 bits per heavy atom. The molecule has 0 atom stereocenters. The minimum absolute atomic E-state index is 0.141. The highest BCUT2D eigenvalue weighted by molar-refractivity contribution is 6.14. The van der Waals surface area contributed by atoms with Crippen LogP contribution in [0.3, 0.4) is 0 Å². The number of benzene rings is 2. The molecule has 3 aromatic rings. The summed E-state index contributed by atoms with van der Waals surface area (Å²) in [4.78, 5) is 35.0. The molecule has 152 valence electrons. The molecule has 0 aliphatic carbocycles. The molecule has 1 N–H and O–H groups in total. The molecule has 0 amide bonds. The van der Waals surface area contributed by atoms with Gasteiger partial charge >= 0.3 is 11.1 Å². The molecule has 1 aliphatic heterocycles. The van der Waals surface area contributed by atoms with Crippen LogP contribution in [0.15, 0.2) is 51.1 Å². The summed E-state index contributed by atoms with van der Waals surface area (Å²) in [5.74, 6) is 1.07. The first kappa shape index (κ1) is 19.1. The lowest BCUT2D eigenvalue weighted by Gasteiger charge is -2.14. The molecule has 0 spiro atoms. The van der Waals surface area contributed by atoms with Crippen molar-refractivity contribution in [3.63, 3.8) is 0 Å². The maximum atomic E-state index is 12.4. The molecule has 11 heteroatoms. The number of non-ortho nitro benzene ring substituents is 1. The van der Waals surface area contributed by atoms with Crippen molar-refractivity contribution in [1.82, 2.24) is 14.9 Å². The lowest BCUT2D eigenvalue weighted by molar-refractivity contribution is -0.384. The smallest absolute Gasteiger partial charge is 0.339 e. The number of methoxy groups -OCH3 is 2. The third-order valence-corrected chi connectivity index (χ3v) is 4.66. The van der Waals surface area contributed by atoms with E-state index in [9.17, 15) is 19.7 Å². The van der Waals surface area contributed by atoms with E-state index in [1.807, 2.05) is 0 Å². The van der Waals surface area contributed by atoms with Gasteiger partial charge in [-0.05, 0) is 17.7 Å². The highest BCUT2D eigenvalue weighted by Gasteiger charge is 2.24. The standard InChI is InChI=1S/C19H15N5O6/c1-29-14-7-11-8-16-20-21-18(25)19(26)23(16)22-17(13(11)9-15(14)30-2)10-4-3-5-12(6-10)24(27)28/h3-7,9H,8H2,1-2H3,(H,21,25). The summed E-state index contributed by atoms with van der Waals surface area (Å²) in [5, 5.41) is 21.7. The molecular weight excluding hydrogens is 394 g/mol. The topological polar surface area (TPSA) is 142 Å². The molecule has 2 heterocycles. The number of nitrogens with one attached hydrogen (secondary N) is 1. The molecule has 30 heavy (non-hydrogen) atoms. The summed E-state index contributed by atoms with van der Waals surface area (Å²) < 4.78 is 11.7. The van der Waals surface area contributed by atoms with Gasteiger partial charge in [0.2, 0.25) is 0 Å². The van der Waals surface area contributed by atoms with Crippen LogP contribution >= 0.6 is 0 Å². The lowest BCUT2D eigenvalue weighted by Crippen LogP contribution is -2.37. The number of H-pyrrole nitrogens is 1. The van der Waals surface area contributed by atoms with E-state index >= 15 is 0 Å². The second-order valence-corrected chi connectivity index (χ2v) is 6.38. The van der Waals surface area contributed by atoms with Crippen LogP contribution in [0.1, 0.15) is 22.5 Å². The van der Waals surface area contributed by atoms with Gasteiger partial charge < -0.3 is 9.47 Å². The van der Waals surface area contributed by atoms with Crippen molar-refractivity contribution in [2.45, 2.75) is 6.42 Å². The van der Waals surface area contributed by atoms with E-state index in [1.165, 1.54) is 32.4 Å². The predicted octanol–water partition coefficient (Wildman–Crippen LogP) is 1.06. The van der Waals surface area contributed by atoms with Gasteiger partial charge in [0.05, 0.1) is 24.9 Å². The maximum Gasteiger partial charge on any atom is 0.339 e. The Bertz CT molecular complexity index is 1320. The molecule has 0 bridgehead atoms. The van der Waals surface area contributed by atoms with Crippen LogP contribution in [0.5, 0.6) is 11.5 Å². The van der Waals surface area contributed by atoms with Crippen LogP contribution in [0.4, 0.5) is 5.69 Å². The number of nitro benzene ring substituents is 1. The van der Waals surface area contributed by atoms with Crippen molar-refractivity contribution in [3.05, 3.63) is 89.7 Å². The van der Waals surface area contributed by atoms with Gasteiger partial charge in [0.1, 0.15) is 0 Å². The van der Waals surface area contributed by atoms with Crippen LogP contribution in [-0.2, 0) is 6.42 Å². The highest BCUT2D eigenvalue weighted by atomic mass is 16.6. The normalized spacial score (nSPS) is 12.3. The summed E-state index contributed by atoms with van der Waals surface area (Å²) in [5.41, 5.74) is -0.0936. The summed E-state index contributed by atoms with van der Waals surface area (Å²) in [6.45, 7) is 0. The molecule has 0 saturated carbocycles. The summed E-state index contributed by atoms with van der Waals surface area (Å²) in [7, 11) is 2.97. The molecule has 1 aromatic heterocycles. The average molecular weight is 409 g/mol. The minimum atomic E-state index is -0.929. The van der Waals surface area contributed by atoms with Gasteiger partial charge in [-0.1, -0.05) is 12.1 Å². The van der Waals surface area contributed by atoms with Gasteiger partial charge in [-0.2, -0.15) is 14.9 Å². The number of aromatic amines is 1. The number of nitro groups is 1. The number of nitrogens with zero attached hydrogens (tertiary/aromatic N) is 4. The zero-order valence-electron chi connectivity index (χ0n) is 15.9. The monoisotopic (exact) mass is 409 g/mol. The largest absolute Gasteiger partial charge is 0.493 e. The first-order valence-corrected chi connectivity index (χ1v) is 8.72. The van der Waals surface area contributed by atoms with Crippen LogP contribution < -0.4 is 20.6 Å². The summed E-state index contributed by atoms with van der Waals surface area (Å²) >= 11 is 0. The number of ether oxygens (including phenoxy) is 2. The van der Waals surface area contributed by atoms with Gasteiger partial charge in [0.15, 0.2) is 17.3 Å². The van der Waals surface area contributed by atoms with Gasteiger partial charge in [-0.3, -0.25) is 19.7 Å². The molecule has 11 nitrogen and oxygen atoms in total. The van der Waals surface area contributed by atoms with E-state index in [0.717, 1.165) is 4.68 Å². The second-order valence-electron chi connectivity index (χ2n) is 6.38. The summed E-state index contributed by atoms with van der Waals surface area (Å²) in [6, 6.07) is 9.22. The highest BCUT2D eigenvalue weighted by Crippen LogP contribution is 2.34. The van der Waals surface area contributed by atoms with Gasteiger partial charge in [0, 0.05) is 29.7 Å². The first-order valence-electron chi connectivity index (χ1n) is 8.72. The predicted molar refractivity (Wildman–Crippen MR) is 106 cm³/mol. The Kier molecular flexibility index (Phi) is 4.62. The van der Waals surface area contributed by atoms with E-state index in [0.29, 0.717) is 28.2 Å². The van der Waals surface area contributed by atoms with Gasteiger partial charge in [-0.15, -0.1) is 0 Å². The number of rotatable bonds is 4. The van der Waals surface area contributed by atoms with Crippen molar-refractivity contribution < 1.29 is 14.4 Å². The quantitative estimate of drug-likeness (QED) is 0.302. The number of aromatic nitrogens is 3. The Morgan fingerprint density at radius 2 is 1.87 bits per heavy atom. The molecule has 1 aliphatic rings. The van der Waals surface area contributed by atoms with E-state index in [1.54, 1.807) is 18.2 Å². The van der Waals surface area contributed by atoms with E-state index < -0.39 is 16.0 Å². The second kappa shape index (κ2) is 7.28. The minimum Gasteiger partial charge on any atom is -0.493 e. The number of hydrogen-bond acceptors (Lipinski definition) is 8. The van der Waals surface area contributed by atoms with Crippen molar-refractivity contribution in [1.29, 1.82) is 0 Å². The molecular formula is C19H15N5O6. The van der Waals surface area contributed by atoms with E-state index in [2.05, 4.69) is 15.3 Å². The molecule has 4 rings (SSSR count). The fourth-order valence-corrected chi connectivity index (χ4v) is 3.23. The lowest BCUT2D eigenvalue weighted by atomic mass is 9.95. The molecule has 2 aromatic carbocycles. The fraction of sp³-hybridized carbons (Fsp3) is 0.158. The SMILES string of the molecule is COc1cc2c(cc1OC)C(c1cccc([N+](=O)[O-])c1)=Nn1c(n[nH]c(=O)c1=O)C2. The average Bonchev–Trinajstić information content (AvgIpc) is 2.92. The van der Waals surface area contributed by atoms with E-state index in [-0.39, 0.29) is 23.6 Å². The van der Waals surface area contributed by atoms with Crippen LogP contribution in [0.25, 0.3) is 0 Å². The number of fused-ring (bicyclic) bond motifs is 2. The third-order valence-electron chi connectivity index (χ3n) is 4.66. The Balaban J connectivity index is 2.07. The Morgan fingerprint density at radius 1 is 1.13 bits per heavy atom. The van der Waals surface area contributed by atoms with Crippen molar-refractivity contribution in [3.8, 4) is 11.5 Å². The third kappa shape index (κ3) is 3.11. The number of hydrogen-bond donors (Lipinski definition) is 1. The van der Waals surface area contributed by atoms with Crippen molar-refractivity contribution in [2.24, 2.45) is 5.10 Å². The first-order chi connectivity index (χ1) is 14.4. The zero-order chi connectivity index (χ0) is 21.4. The Labute approximate surface area is 168 Å². The molecule has 0 radical (unpaired) electrons. The van der Waals surface area contributed by atoms with Gasteiger partial charge in [-0.25, -0.2) is 5.10 Å². The van der Waals surface area contributed by atoms with Crippen molar-refractivity contribution >= 4 is 11.4 Å². The van der Waals surface area contributed by atoms with E-state index in [4.69, 9.17) is 9.47 Å². The maximum absolute atomic E-state index is 12.4. The molecule has 0 saturated heterocycles. The van der Waals surface area contributed by atoms with Crippen LogP contribution in [0, 0.1) is 10.1 Å². The zero-order valence-corrected chi connectivity index (χ0v) is 15.9. The fourth-order valence-electron chi connectivity index (χ4n) is 3.23. The molecule has 0 fully saturated rings. The van der Waals surface area contributed by atoms with Crippen molar-refractivity contribution in [2.75, 3.05) is 14.2 Å².